The van der Waals surface area contributed by atoms with Crippen molar-refractivity contribution in [3.8, 4) is 5.75 Å². The molecule has 5 nitrogen and oxygen atoms in total. The molecule has 23 heavy (non-hydrogen) atoms. The Morgan fingerprint density at radius 1 is 0.957 bits per heavy atom. The van der Waals surface area contributed by atoms with Gasteiger partial charge in [0.15, 0.2) is 0 Å². The zero-order valence-corrected chi connectivity index (χ0v) is 13.3. The summed E-state index contributed by atoms with van der Waals surface area (Å²) in [5.41, 5.74) is 3.82. The van der Waals surface area contributed by atoms with Crippen molar-refractivity contribution in [1.29, 1.82) is 0 Å². The van der Waals surface area contributed by atoms with E-state index in [2.05, 4.69) is 25.8 Å². The molecule has 1 aromatic carbocycles. The van der Waals surface area contributed by atoms with Gasteiger partial charge in [-0.15, -0.1) is 0 Å². The third-order valence-corrected chi connectivity index (χ3v) is 4.89. The molecule has 0 radical (unpaired) electrons. The lowest BCUT2D eigenvalue weighted by Gasteiger charge is -2.34. The Kier molecular flexibility index (Phi) is 3.87. The van der Waals surface area contributed by atoms with E-state index in [1.807, 2.05) is 12.1 Å². The van der Waals surface area contributed by atoms with Crippen molar-refractivity contribution in [3.05, 3.63) is 47.3 Å². The third kappa shape index (κ3) is 3.01. The molecule has 0 bridgehead atoms. The number of phenols is 1. The Morgan fingerprint density at radius 3 is 2.39 bits per heavy atom. The number of piperazine rings is 1. The van der Waals surface area contributed by atoms with Gasteiger partial charge in [0.1, 0.15) is 5.75 Å². The highest BCUT2D eigenvalue weighted by Gasteiger charge is 2.21. The minimum absolute atomic E-state index is 0.458. The second-order valence-electron chi connectivity index (χ2n) is 6.42. The van der Waals surface area contributed by atoms with Gasteiger partial charge in [-0.3, -0.25) is 4.90 Å². The Labute approximate surface area is 136 Å². The number of hydrogen-bond acceptors (Lipinski definition) is 5. The van der Waals surface area contributed by atoms with Crippen LogP contribution >= 0.6 is 0 Å². The van der Waals surface area contributed by atoms with E-state index in [1.54, 1.807) is 12.4 Å². The number of phenolic OH excluding ortho intramolecular Hbond substituents is 1. The van der Waals surface area contributed by atoms with Gasteiger partial charge in [-0.05, 0) is 42.5 Å². The van der Waals surface area contributed by atoms with Crippen LogP contribution in [0.25, 0.3) is 0 Å². The third-order valence-electron chi connectivity index (χ3n) is 4.89. The summed E-state index contributed by atoms with van der Waals surface area (Å²) in [6.45, 7) is 4.61. The topological polar surface area (TPSA) is 52.5 Å². The number of fused-ring (bicyclic) bond motifs is 1. The van der Waals surface area contributed by atoms with Crippen LogP contribution in [-0.4, -0.2) is 46.2 Å². The molecule has 2 aliphatic rings. The van der Waals surface area contributed by atoms with Crippen LogP contribution < -0.4 is 4.90 Å². The van der Waals surface area contributed by atoms with Crippen LogP contribution in [-0.2, 0) is 19.4 Å². The van der Waals surface area contributed by atoms with Gasteiger partial charge < -0.3 is 10.0 Å². The average Bonchev–Trinajstić information content (AvgIpc) is 3.04. The van der Waals surface area contributed by atoms with E-state index >= 15 is 0 Å². The van der Waals surface area contributed by atoms with Crippen molar-refractivity contribution in [2.24, 2.45) is 0 Å². The molecule has 1 aliphatic heterocycles. The molecular formula is C18H22N4O. The maximum absolute atomic E-state index is 10.3. The number of nitrogens with zero attached hydrogens (tertiary/aromatic N) is 4. The molecule has 0 unspecified atom stereocenters. The number of aromatic nitrogens is 2. The maximum atomic E-state index is 10.3. The van der Waals surface area contributed by atoms with E-state index in [4.69, 9.17) is 0 Å². The predicted molar refractivity (Wildman–Crippen MR) is 89.7 cm³/mol. The summed E-state index contributed by atoms with van der Waals surface area (Å²) in [6, 6.07) is 6.03. The molecule has 4 rings (SSSR count). The second kappa shape index (κ2) is 6.16. The van der Waals surface area contributed by atoms with Crippen molar-refractivity contribution in [2.45, 2.75) is 25.8 Å². The van der Waals surface area contributed by atoms with E-state index in [0.29, 0.717) is 5.75 Å². The number of anilines is 1. The SMILES string of the molecule is Oc1cc2c(cc1CN1CCN(c3ncccn3)CC1)CCC2. The molecule has 0 atom stereocenters. The summed E-state index contributed by atoms with van der Waals surface area (Å²) in [4.78, 5) is 13.3. The first-order chi connectivity index (χ1) is 11.3. The van der Waals surface area contributed by atoms with Gasteiger partial charge in [-0.25, -0.2) is 9.97 Å². The molecule has 0 spiro atoms. The van der Waals surface area contributed by atoms with E-state index in [1.165, 1.54) is 17.5 Å². The van der Waals surface area contributed by atoms with E-state index in [9.17, 15) is 5.11 Å². The molecule has 1 aromatic heterocycles. The van der Waals surface area contributed by atoms with Gasteiger partial charge in [-0.2, -0.15) is 0 Å². The van der Waals surface area contributed by atoms with Gasteiger partial charge in [-0.1, -0.05) is 6.07 Å². The number of aromatic hydroxyl groups is 1. The molecule has 120 valence electrons. The van der Waals surface area contributed by atoms with Crippen molar-refractivity contribution >= 4 is 5.95 Å². The minimum atomic E-state index is 0.458. The molecule has 1 saturated heterocycles. The van der Waals surface area contributed by atoms with E-state index in [0.717, 1.165) is 57.1 Å². The van der Waals surface area contributed by atoms with E-state index < -0.39 is 0 Å². The van der Waals surface area contributed by atoms with Crippen LogP contribution in [0.4, 0.5) is 5.95 Å². The first-order valence-electron chi connectivity index (χ1n) is 8.37. The molecule has 2 aromatic rings. The monoisotopic (exact) mass is 310 g/mol. The summed E-state index contributed by atoms with van der Waals surface area (Å²) < 4.78 is 0. The summed E-state index contributed by atoms with van der Waals surface area (Å²) in [7, 11) is 0. The molecule has 1 N–H and O–H groups in total. The van der Waals surface area contributed by atoms with Crippen LogP contribution in [0, 0.1) is 0 Å². The fourth-order valence-electron chi connectivity index (χ4n) is 3.59. The average molecular weight is 310 g/mol. The largest absolute Gasteiger partial charge is 0.508 e. The lowest BCUT2D eigenvalue weighted by Crippen LogP contribution is -2.46. The summed E-state index contributed by atoms with van der Waals surface area (Å²) in [5.74, 6) is 1.27. The van der Waals surface area contributed by atoms with Crippen LogP contribution in [0.2, 0.25) is 0 Å². The summed E-state index contributed by atoms with van der Waals surface area (Å²) in [5, 5.41) is 10.3. The van der Waals surface area contributed by atoms with Gasteiger partial charge in [0.25, 0.3) is 0 Å². The van der Waals surface area contributed by atoms with Crippen molar-refractivity contribution < 1.29 is 5.11 Å². The number of aryl methyl sites for hydroxylation is 2. The highest BCUT2D eigenvalue weighted by Crippen LogP contribution is 2.30. The molecule has 1 aliphatic carbocycles. The van der Waals surface area contributed by atoms with Crippen molar-refractivity contribution in [3.63, 3.8) is 0 Å². The van der Waals surface area contributed by atoms with Crippen LogP contribution in [0.15, 0.2) is 30.6 Å². The van der Waals surface area contributed by atoms with Gasteiger partial charge in [0.2, 0.25) is 5.95 Å². The molecule has 0 amide bonds. The van der Waals surface area contributed by atoms with Crippen LogP contribution in [0.5, 0.6) is 5.75 Å². The Balaban J connectivity index is 1.40. The Bertz CT molecular complexity index is 681. The summed E-state index contributed by atoms with van der Waals surface area (Å²) in [6.07, 6.45) is 7.06. The molecule has 1 fully saturated rings. The zero-order valence-electron chi connectivity index (χ0n) is 13.3. The highest BCUT2D eigenvalue weighted by molar-refractivity contribution is 5.44. The Morgan fingerprint density at radius 2 is 1.65 bits per heavy atom. The first-order valence-corrected chi connectivity index (χ1v) is 8.37. The zero-order chi connectivity index (χ0) is 15.6. The molecular weight excluding hydrogens is 288 g/mol. The van der Waals surface area contributed by atoms with E-state index in [-0.39, 0.29) is 0 Å². The fraction of sp³-hybridized carbons (Fsp3) is 0.444. The fourth-order valence-corrected chi connectivity index (χ4v) is 3.59. The van der Waals surface area contributed by atoms with Crippen molar-refractivity contribution in [2.75, 3.05) is 31.1 Å². The normalized spacial score (nSPS) is 18.2. The van der Waals surface area contributed by atoms with Gasteiger partial charge in [0.05, 0.1) is 0 Å². The van der Waals surface area contributed by atoms with Gasteiger partial charge >= 0.3 is 0 Å². The first kappa shape index (κ1) is 14.5. The molecule has 5 heteroatoms. The predicted octanol–water partition coefficient (Wildman–Crippen LogP) is 1.99. The standard InChI is InChI=1S/C18H22N4O/c23-17-12-15-4-1-3-14(15)11-16(17)13-21-7-9-22(10-8-21)18-19-5-2-6-20-18/h2,5-6,11-12,23H,1,3-4,7-10,13H2. The highest BCUT2D eigenvalue weighted by atomic mass is 16.3. The Hall–Kier alpha value is -2.14. The van der Waals surface area contributed by atoms with Crippen LogP contribution in [0.1, 0.15) is 23.1 Å². The number of hydrogen-bond donors (Lipinski definition) is 1. The number of rotatable bonds is 3. The second-order valence-corrected chi connectivity index (χ2v) is 6.42. The smallest absolute Gasteiger partial charge is 0.225 e. The lowest BCUT2D eigenvalue weighted by atomic mass is 10.0. The number of benzene rings is 1. The van der Waals surface area contributed by atoms with Gasteiger partial charge in [0, 0.05) is 50.7 Å². The molecule has 0 saturated carbocycles. The maximum Gasteiger partial charge on any atom is 0.225 e. The minimum Gasteiger partial charge on any atom is -0.508 e. The quantitative estimate of drug-likeness (QED) is 0.939. The summed E-state index contributed by atoms with van der Waals surface area (Å²) >= 11 is 0. The molecule has 2 heterocycles. The van der Waals surface area contributed by atoms with Crippen LogP contribution in [0.3, 0.4) is 0 Å². The lowest BCUT2D eigenvalue weighted by molar-refractivity contribution is 0.245. The van der Waals surface area contributed by atoms with Crippen molar-refractivity contribution in [1.82, 2.24) is 14.9 Å².